The van der Waals surface area contributed by atoms with Crippen LogP contribution in [0.4, 0.5) is 5.69 Å². The van der Waals surface area contributed by atoms with E-state index in [9.17, 15) is 9.90 Å². The van der Waals surface area contributed by atoms with Gasteiger partial charge in [0, 0.05) is 12.2 Å². The molecule has 0 aromatic heterocycles. The zero-order valence-electron chi connectivity index (χ0n) is 11.4. The van der Waals surface area contributed by atoms with Crippen molar-refractivity contribution in [2.24, 2.45) is 5.92 Å². The van der Waals surface area contributed by atoms with E-state index in [1.54, 1.807) is 0 Å². The van der Waals surface area contributed by atoms with E-state index >= 15 is 0 Å². The molecule has 0 radical (unpaired) electrons. The summed E-state index contributed by atoms with van der Waals surface area (Å²) in [5.41, 5.74) is 1.99. The summed E-state index contributed by atoms with van der Waals surface area (Å²) >= 11 is 0. The fourth-order valence-corrected chi connectivity index (χ4v) is 2.47. The highest BCUT2D eigenvalue weighted by molar-refractivity contribution is 5.92. The van der Waals surface area contributed by atoms with Crippen LogP contribution >= 0.6 is 0 Å². The Morgan fingerprint density at radius 1 is 1.32 bits per heavy atom. The van der Waals surface area contributed by atoms with E-state index in [1.807, 2.05) is 31.2 Å². The third-order valence-corrected chi connectivity index (χ3v) is 3.65. The number of rotatable bonds is 5. The van der Waals surface area contributed by atoms with Crippen molar-refractivity contribution in [1.82, 2.24) is 5.32 Å². The number of amides is 1. The molecule has 1 aliphatic rings. The monoisotopic (exact) mass is 262 g/mol. The van der Waals surface area contributed by atoms with Crippen molar-refractivity contribution < 1.29 is 9.90 Å². The third kappa shape index (κ3) is 4.33. The van der Waals surface area contributed by atoms with Crippen LogP contribution in [-0.4, -0.2) is 30.2 Å². The predicted molar refractivity (Wildman–Crippen MR) is 76.0 cm³/mol. The zero-order chi connectivity index (χ0) is 13.7. The Labute approximate surface area is 114 Å². The molecule has 0 heterocycles. The van der Waals surface area contributed by atoms with Crippen molar-refractivity contribution in [1.29, 1.82) is 0 Å². The van der Waals surface area contributed by atoms with Gasteiger partial charge >= 0.3 is 0 Å². The molecule has 2 unspecified atom stereocenters. The number of benzene rings is 1. The lowest BCUT2D eigenvalue weighted by Gasteiger charge is -2.14. The molecule has 1 aromatic carbocycles. The minimum Gasteiger partial charge on any atom is -0.393 e. The highest BCUT2D eigenvalue weighted by Gasteiger charge is 2.24. The first-order chi connectivity index (χ1) is 9.15. The molecule has 2 atom stereocenters. The van der Waals surface area contributed by atoms with E-state index in [0.717, 1.165) is 24.9 Å². The lowest BCUT2D eigenvalue weighted by atomic mass is 10.1. The van der Waals surface area contributed by atoms with Crippen LogP contribution in [0.1, 0.15) is 24.8 Å². The standard InChI is InChI=1S/C15H22N2O2/c1-11-5-7-13(8-6-11)17-15(19)10-16-9-12-3-2-4-14(12)18/h5-8,12,14,16,18H,2-4,9-10H2,1H3,(H,17,19). The Bertz CT molecular complexity index is 417. The Morgan fingerprint density at radius 3 is 2.68 bits per heavy atom. The molecule has 2 rings (SSSR count). The highest BCUT2D eigenvalue weighted by atomic mass is 16.3. The number of carbonyl (C=O) groups is 1. The van der Waals surface area contributed by atoms with Gasteiger partial charge in [0.2, 0.25) is 5.91 Å². The Morgan fingerprint density at radius 2 is 2.05 bits per heavy atom. The topological polar surface area (TPSA) is 61.4 Å². The summed E-state index contributed by atoms with van der Waals surface area (Å²) < 4.78 is 0. The van der Waals surface area contributed by atoms with Gasteiger partial charge in [0.15, 0.2) is 0 Å². The number of anilines is 1. The van der Waals surface area contributed by atoms with Gasteiger partial charge in [-0.3, -0.25) is 4.79 Å². The molecule has 0 spiro atoms. The second-order valence-corrected chi connectivity index (χ2v) is 5.30. The van der Waals surface area contributed by atoms with Crippen LogP contribution in [-0.2, 0) is 4.79 Å². The average molecular weight is 262 g/mol. The molecule has 1 aromatic rings. The Kier molecular flexibility index (Phi) is 4.93. The maximum Gasteiger partial charge on any atom is 0.238 e. The third-order valence-electron chi connectivity index (χ3n) is 3.65. The van der Waals surface area contributed by atoms with E-state index < -0.39 is 0 Å². The molecule has 0 saturated heterocycles. The van der Waals surface area contributed by atoms with Gasteiger partial charge in [-0.05, 0) is 37.8 Å². The summed E-state index contributed by atoms with van der Waals surface area (Å²) in [6.45, 7) is 3.01. The van der Waals surface area contributed by atoms with Crippen molar-refractivity contribution in [3.05, 3.63) is 29.8 Å². The van der Waals surface area contributed by atoms with Crippen LogP contribution in [0.15, 0.2) is 24.3 Å². The van der Waals surface area contributed by atoms with E-state index in [2.05, 4.69) is 10.6 Å². The second-order valence-electron chi connectivity index (χ2n) is 5.30. The average Bonchev–Trinajstić information content (AvgIpc) is 2.78. The number of carbonyl (C=O) groups excluding carboxylic acids is 1. The van der Waals surface area contributed by atoms with Gasteiger partial charge in [0.05, 0.1) is 12.6 Å². The van der Waals surface area contributed by atoms with Crippen molar-refractivity contribution in [2.75, 3.05) is 18.4 Å². The second kappa shape index (κ2) is 6.68. The molecule has 4 nitrogen and oxygen atoms in total. The van der Waals surface area contributed by atoms with Gasteiger partial charge < -0.3 is 15.7 Å². The van der Waals surface area contributed by atoms with Gasteiger partial charge in [-0.1, -0.05) is 24.1 Å². The van der Waals surface area contributed by atoms with Crippen LogP contribution < -0.4 is 10.6 Å². The van der Waals surface area contributed by atoms with Crippen LogP contribution in [0.2, 0.25) is 0 Å². The maximum absolute atomic E-state index is 11.7. The van der Waals surface area contributed by atoms with E-state index in [4.69, 9.17) is 0 Å². The number of hydrogen-bond donors (Lipinski definition) is 3. The molecule has 1 aliphatic carbocycles. The van der Waals surface area contributed by atoms with E-state index in [-0.39, 0.29) is 18.6 Å². The van der Waals surface area contributed by atoms with Gasteiger partial charge in [0.25, 0.3) is 0 Å². The van der Waals surface area contributed by atoms with Gasteiger partial charge in [-0.15, -0.1) is 0 Å². The molecule has 0 bridgehead atoms. The van der Waals surface area contributed by atoms with Gasteiger partial charge in [0.1, 0.15) is 0 Å². The lowest BCUT2D eigenvalue weighted by Crippen LogP contribution is -2.34. The molecule has 4 heteroatoms. The van der Waals surface area contributed by atoms with Crippen molar-refractivity contribution in [3.63, 3.8) is 0 Å². The summed E-state index contributed by atoms with van der Waals surface area (Å²) in [7, 11) is 0. The quantitative estimate of drug-likeness (QED) is 0.756. The normalized spacial score (nSPS) is 22.4. The lowest BCUT2D eigenvalue weighted by molar-refractivity contribution is -0.115. The summed E-state index contributed by atoms with van der Waals surface area (Å²) in [5, 5.41) is 15.6. The molecule has 1 amide bonds. The van der Waals surface area contributed by atoms with Crippen LogP contribution in [0.5, 0.6) is 0 Å². The van der Waals surface area contributed by atoms with Crippen LogP contribution in [0.25, 0.3) is 0 Å². The summed E-state index contributed by atoms with van der Waals surface area (Å²) in [4.78, 5) is 11.7. The van der Waals surface area contributed by atoms with Crippen LogP contribution in [0, 0.1) is 12.8 Å². The molecule has 1 saturated carbocycles. The number of aryl methyl sites for hydroxylation is 1. The molecular weight excluding hydrogens is 240 g/mol. The fourth-order valence-electron chi connectivity index (χ4n) is 2.47. The fraction of sp³-hybridized carbons (Fsp3) is 0.533. The summed E-state index contributed by atoms with van der Waals surface area (Å²) in [6.07, 6.45) is 2.83. The SMILES string of the molecule is Cc1ccc(NC(=O)CNCC2CCCC2O)cc1. The molecule has 1 fully saturated rings. The Balaban J connectivity index is 1.68. The van der Waals surface area contributed by atoms with E-state index in [0.29, 0.717) is 12.5 Å². The minimum atomic E-state index is -0.201. The summed E-state index contributed by atoms with van der Waals surface area (Å²) in [6, 6.07) is 7.73. The van der Waals surface area contributed by atoms with Crippen molar-refractivity contribution >= 4 is 11.6 Å². The van der Waals surface area contributed by atoms with Crippen LogP contribution in [0.3, 0.4) is 0 Å². The largest absolute Gasteiger partial charge is 0.393 e. The number of hydrogen-bond acceptors (Lipinski definition) is 3. The first-order valence-corrected chi connectivity index (χ1v) is 6.90. The smallest absolute Gasteiger partial charge is 0.238 e. The van der Waals surface area contributed by atoms with Crippen molar-refractivity contribution in [2.45, 2.75) is 32.3 Å². The number of nitrogens with one attached hydrogen (secondary N) is 2. The first-order valence-electron chi connectivity index (χ1n) is 6.90. The molecule has 104 valence electrons. The van der Waals surface area contributed by atoms with Gasteiger partial charge in [-0.2, -0.15) is 0 Å². The predicted octanol–water partition coefficient (Wildman–Crippen LogP) is 1.68. The van der Waals surface area contributed by atoms with E-state index in [1.165, 1.54) is 5.56 Å². The summed E-state index contributed by atoms with van der Waals surface area (Å²) in [5.74, 6) is 0.253. The first kappa shape index (κ1) is 14.0. The van der Waals surface area contributed by atoms with Gasteiger partial charge in [-0.25, -0.2) is 0 Å². The van der Waals surface area contributed by atoms with Crippen molar-refractivity contribution in [3.8, 4) is 0 Å². The number of aliphatic hydroxyl groups is 1. The molecule has 19 heavy (non-hydrogen) atoms. The number of aliphatic hydroxyl groups excluding tert-OH is 1. The zero-order valence-corrected chi connectivity index (χ0v) is 11.4. The highest BCUT2D eigenvalue weighted by Crippen LogP contribution is 2.24. The molecule has 3 N–H and O–H groups in total. The Hall–Kier alpha value is -1.39. The molecule has 0 aliphatic heterocycles. The molecular formula is C15H22N2O2. The minimum absolute atomic E-state index is 0.0451. The maximum atomic E-state index is 11.7.